The maximum Gasteiger partial charge on any atom is 0.145 e. The third kappa shape index (κ3) is 4.37. The first-order valence-corrected chi connectivity index (χ1v) is 7.66. The first-order chi connectivity index (χ1) is 11.0. The summed E-state index contributed by atoms with van der Waals surface area (Å²) in [6, 6.07) is 8.23. The number of hydrogen-bond donors (Lipinski definition) is 3. The van der Waals surface area contributed by atoms with Crippen molar-refractivity contribution in [3.8, 4) is 5.75 Å². The smallest absolute Gasteiger partial charge is 0.145 e. The van der Waals surface area contributed by atoms with Crippen molar-refractivity contribution in [2.45, 2.75) is 26.6 Å². The number of aliphatic hydroxyl groups is 1. The van der Waals surface area contributed by atoms with E-state index < -0.39 is 0 Å². The van der Waals surface area contributed by atoms with Gasteiger partial charge in [0.05, 0.1) is 32.9 Å². The number of aliphatic hydroxyl groups excluding tert-OH is 1. The average molecular weight is 314 g/mol. The average Bonchev–Trinajstić information content (AvgIpc) is 2.52. The SMILES string of the molecule is Cc1ncc(CO)c(C=NCc2ccccc2C[NH+](C)C)c1O. The summed E-state index contributed by atoms with van der Waals surface area (Å²) in [6.45, 7) is 3.02. The Kier molecular flexibility index (Phi) is 5.84. The summed E-state index contributed by atoms with van der Waals surface area (Å²) in [5, 5.41) is 19.5. The van der Waals surface area contributed by atoms with Gasteiger partial charge in [-0.3, -0.25) is 9.98 Å². The van der Waals surface area contributed by atoms with Gasteiger partial charge in [0.2, 0.25) is 0 Å². The number of nitrogens with one attached hydrogen (secondary N) is 1. The molecule has 0 bridgehead atoms. The second-order valence-electron chi connectivity index (χ2n) is 5.91. The number of pyridine rings is 1. The summed E-state index contributed by atoms with van der Waals surface area (Å²) in [6.07, 6.45) is 3.19. The molecule has 0 amide bonds. The lowest BCUT2D eigenvalue weighted by molar-refractivity contribution is -0.872. The molecule has 1 heterocycles. The van der Waals surface area contributed by atoms with Gasteiger partial charge >= 0.3 is 0 Å². The van der Waals surface area contributed by atoms with Gasteiger partial charge in [-0.1, -0.05) is 24.3 Å². The molecule has 1 aromatic heterocycles. The largest absolute Gasteiger partial charge is 0.505 e. The van der Waals surface area contributed by atoms with Crippen LogP contribution in [0.4, 0.5) is 0 Å². The zero-order chi connectivity index (χ0) is 16.8. The van der Waals surface area contributed by atoms with Crippen LogP contribution in [0.25, 0.3) is 0 Å². The molecule has 0 aliphatic carbocycles. The van der Waals surface area contributed by atoms with Crippen molar-refractivity contribution in [2.75, 3.05) is 14.1 Å². The minimum Gasteiger partial charge on any atom is -0.505 e. The maximum atomic E-state index is 10.1. The van der Waals surface area contributed by atoms with Crippen LogP contribution in [-0.2, 0) is 19.7 Å². The van der Waals surface area contributed by atoms with Gasteiger partial charge in [0.25, 0.3) is 0 Å². The number of aromatic nitrogens is 1. The van der Waals surface area contributed by atoms with Gasteiger partial charge in [-0.15, -0.1) is 0 Å². The predicted molar refractivity (Wildman–Crippen MR) is 90.8 cm³/mol. The van der Waals surface area contributed by atoms with E-state index in [1.54, 1.807) is 19.3 Å². The summed E-state index contributed by atoms with van der Waals surface area (Å²) in [5.74, 6) is 0.0753. The van der Waals surface area contributed by atoms with Crippen molar-refractivity contribution in [3.63, 3.8) is 0 Å². The van der Waals surface area contributed by atoms with Crippen LogP contribution in [0.5, 0.6) is 5.75 Å². The lowest BCUT2D eigenvalue weighted by atomic mass is 10.1. The third-order valence-electron chi connectivity index (χ3n) is 3.67. The Hall–Kier alpha value is -2.24. The Balaban J connectivity index is 2.22. The zero-order valence-corrected chi connectivity index (χ0v) is 13.9. The molecule has 0 radical (unpaired) electrons. The zero-order valence-electron chi connectivity index (χ0n) is 13.9. The monoisotopic (exact) mass is 314 g/mol. The fraction of sp³-hybridized carbons (Fsp3) is 0.333. The summed E-state index contributed by atoms with van der Waals surface area (Å²) < 4.78 is 0. The molecular weight excluding hydrogens is 290 g/mol. The van der Waals surface area contributed by atoms with Crippen molar-refractivity contribution < 1.29 is 15.1 Å². The number of nitrogens with zero attached hydrogens (tertiary/aromatic N) is 2. The predicted octanol–water partition coefficient (Wildman–Crippen LogP) is 0.852. The standard InChI is InChI=1S/C18H23N3O2/c1-13-18(23)17(16(12-22)9-20-13)10-19-8-14-6-4-5-7-15(14)11-21(2)3/h4-7,9-10,22-23H,8,11-12H2,1-3H3/p+1. The fourth-order valence-electron chi connectivity index (χ4n) is 2.42. The molecule has 122 valence electrons. The van der Waals surface area contributed by atoms with Crippen LogP contribution in [0.1, 0.15) is 27.9 Å². The Morgan fingerprint density at radius 3 is 2.52 bits per heavy atom. The van der Waals surface area contributed by atoms with Crippen molar-refractivity contribution in [1.82, 2.24) is 4.98 Å². The highest BCUT2D eigenvalue weighted by Crippen LogP contribution is 2.22. The van der Waals surface area contributed by atoms with E-state index in [0.717, 1.165) is 6.54 Å². The number of benzene rings is 1. The molecular formula is C18H24N3O2+. The minimum absolute atomic E-state index is 0.0753. The van der Waals surface area contributed by atoms with E-state index >= 15 is 0 Å². The van der Waals surface area contributed by atoms with Gasteiger partial charge in [-0.2, -0.15) is 0 Å². The molecule has 0 aliphatic heterocycles. The van der Waals surface area contributed by atoms with E-state index in [-0.39, 0.29) is 12.4 Å². The van der Waals surface area contributed by atoms with E-state index in [1.165, 1.54) is 16.0 Å². The molecule has 23 heavy (non-hydrogen) atoms. The normalized spacial score (nSPS) is 11.5. The van der Waals surface area contributed by atoms with E-state index in [1.807, 2.05) is 12.1 Å². The van der Waals surface area contributed by atoms with Crippen LogP contribution >= 0.6 is 0 Å². The molecule has 0 unspecified atom stereocenters. The lowest BCUT2D eigenvalue weighted by Gasteiger charge is -2.11. The first-order valence-electron chi connectivity index (χ1n) is 7.66. The molecule has 2 aromatic rings. The summed E-state index contributed by atoms with van der Waals surface area (Å²) >= 11 is 0. The molecule has 2 rings (SSSR count). The van der Waals surface area contributed by atoms with Gasteiger partial charge in [0.15, 0.2) is 0 Å². The number of aryl methyl sites for hydroxylation is 1. The van der Waals surface area contributed by atoms with Gasteiger partial charge in [-0.25, -0.2) is 0 Å². The van der Waals surface area contributed by atoms with Crippen LogP contribution < -0.4 is 4.90 Å². The minimum atomic E-state index is -0.178. The molecule has 5 nitrogen and oxygen atoms in total. The highest BCUT2D eigenvalue weighted by atomic mass is 16.3. The number of rotatable bonds is 6. The van der Waals surface area contributed by atoms with Crippen LogP contribution in [-0.4, -0.2) is 35.5 Å². The van der Waals surface area contributed by atoms with E-state index in [2.05, 4.69) is 36.2 Å². The molecule has 0 aliphatic rings. The topological polar surface area (TPSA) is 70.2 Å². The maximum absolute atomic E-state index is 10.1. The fourth-order valence-corrected chi connectivity index (χ4v) is 2.42. The van der Waals surface area contributed by atoms with Gasteiger partial charge in [-0.05, 0) is 12.5 Å². The van der Waals surface area contributed by atoms with Crippen LogP contribution in [0.15, 0.2) is 35.5 Å². The molecule has 0 saturated carbocycles. The second-order valence-corrected chi connectivity index (χ2v) is 5.91. The van der Waals surface area contributed by atoms with Crippen molar-refractivity contribution >= 4 is 6.21 Å². The van der Waals surface area contributed by atoms with E-state index in [4.69, 9.17) is 0 Å². The van der Waals surface area contributed by atoms with Gasteiger partial charge < -0.3 is 15.1 Å². The van der Waals surface area contributed by atoms with E-state index in [0.29, 0.717) is 23.4 Å². The van der Waals surface area contributed by atoms with Gasteiger partial charge in [0, 0.05) is 29.1 Å². The highest BCUT2D eigenvalue weighted by Gasteiger charge is 2.09. The van der Waals surface area contributed by atoms with Crippen molar-refractivity contribution in [2.24, 2.45) is 4.99 Å². The molecule has 3 N–H and O–H groups in total. The Morgan fingerprint density at radius 1 is 1.17 bits per heavy atom. The van der Waals surface area contributed by atoms with Crippen LogP contribution in [0.3, 0.4) is 0 Å². The Labute approximate surface area is 137 Å². The number of aliphatic imine (C=N–C) groups is 1. The van der Waals surface area contributed by atoms with Crippen LogP contribution in [0, 0.1) is 6.92 Å². The van der Waals surface area contributed by atoms with E-state index in [9.17, 15) is 10.2 Å². The molecule has 5 heteroatoms. The molecule has 0 fully saturated rings. The van der Waals surface area contributed by atoms with Crippen molar-refractivity contribution in [3.05, 3.63) is 58.4 Å². The number of hydrogen-bond acceptors (Lipinski definition) is 4. The van der Waals surface area contributed by atoms with Crippen molar-refractivity contribution in [1.29, 1.82) is 0 Å². The van der Waals surface area contributed by atoms with Crippen LogP contribution in [0.2, 0.25) is 0 Å². The second kappa shape index (κ2) is 7.85. The highest BCUT2D eigenvalue weighted by molar-refractivity contribution is 5.85. The Morgan fingerprint density at radius 2 is 1.87 bits per heavy atom. The molecule has 0 spiro atoms. The Bertz CT molecular complexity index is 697. The number of quaternary nitrogens is 1. The third-order valence-corrected chi connectivity index (χ3v) is 3.67. The lowest BCUT2D eigenvalue weighted by Crippen LogP contribution is -3.04. The number of aromatic hydroxyl groups is 1. The first kappa shape index (κ1) is 17.1. The summed E-state index contributed by atoms with van der Waals surface area (Å²) in [5.41, 5.74) is 4.07. The van der Waals surface area contributed by atoms with Gasteiger partial charge in [0.1, 0.15) is 12.3 Å². The molecule has 0 atom stereocenters. The summed E-state index contributed by atoms with van der Waals surface area (Å²) in [7, 11) is 4.23. The molecule has 0 saturated heterocycles. The molecule has 1 aromatic carbocycles. The summed E-state index contributed by atoms with van der Waals surface area (Å²) in [4.78, 5) is 9.86. The quantitative estimate of drug-likeness (QED) is 0.692.